The van der Waals surface area contributed by atoms with E-state index in [2.05, 4.69) is 28.3 Å². The maximum absolute atomic E-state index is 13.4. The fourth-order valence-electron chi connectivity index (χ4n) is 4.29. The summed E-state index contributed by atoms with van der Waals surface area (Å²) < 4.78 is 35.8. The zero-order chi connectivity index (χ0) is 25.2. The van der Waals surface area contributed by atoms with Crippen LogP contribution in [-0.4, -0.2) is 28.2 Å². The second-order valence-corrected chi connectivity index (χ2v) is 10.7. The number of ether oxygens (including phenoxy) is 1. The zero-order valence-electron chi connectivity index (χ0n) is 20.6. The molecule has 0 heterocycles. The lowest BCUT2D eigenvalue weighted by molar-refractivity contribution is 0.152. The molecule has 4 rings (SSSR count). The lowest BCUT2D eigenvalue weighted by atomic mass is 9.94. The predicted molar refractivity (Wildman–Crippen MR) is 145 cm³/mol. The molecule has 3 aromatic carbocycles. The predicted octanol–water partition coefficient (Wildman–Crippen LogP) is 5.64. The molecule has 1 aliphatic carbocycles. The first kappa shape index (κ1) is 26.0. The number of benzene rings is 3. The summed E-state index contributed by atoms with van der Waals surface area (Å²) >= 11 is 0. The van der Waals surface area contributed by atoms with E-state index in [1.807, 2.05) is 79.7 Å². The van der Waals surface area contributed by atoms with Gasteiger partial charge < -0.3 is 10.1 Å². The minimum Gasteiger partial charge on any atom is -0.376 e. The van der Waals surface area contributed by atoms with Crippen molar-refractivity contribution in [1.29, 1.82) is 0 Å². The van der Waals surface area contributed by atoms with Crippen molar-refractivity contribution >= 4 is 10.0 Å². The van der Waals surface area contributed by atoms with Crippen molar-refractivity contribution in [3.8, 4) is 0 Å². The third-order valence-corrected chi connectivity index (χ3v) is 7.71. The lowest BCUT2D eigenvalue weighted by Crippen LogP contribution is -2.39. The molecule has 0 aromatic heterocycles. The smallest absolute Gasteiger partial charge is 0.241 e. The molecule has 0 bridgehead atoms. The Labute approximate surface area is 215 Å². The van der Waals surface area contributed by atoms with E-state index in [4.69, 9.17) is 4.74 Å². The number of rotatable bonds is 12. The molecule has 1 aliphatic rings. The lowest BCUT2D eigenvalue weighted by Gasteiger charge is -2.30. The minimum atomic E-state index is -3.76. The van der Waals surface area contributed by atoms with Gasteiger partial charge in [0, 0.05) is 6.54 Å². The van der Waals surface area contributed by atoms with Crippen LogP contribution < -0.4 is 10.0 Å². The molecule has 188 valence electrons. The Morgan fingerprint density at radius 3 is 2.08 bits per heavy atom. The van der Waals surface area contributed by atoms with Crippen LogP contribution in [0.15, 0.2) is 114 Å². The average Bonchev–Trinajstić information content (AvgIpc) is 2.91. The van der Waals surface area contributed by atoms with Crippen molar-refractivity contribution in [3.05, 3.63) is 125 Å². The molecule has 0 fully saturated rings. The maximum atomic E-state index is 13.4. The summed E-state index contributed by atoms with van der Waals surface area (Å²) in [4.78, 5) is 0.249. The van der Waals surface area contributed by atoms with E-state index >= 15 is 0 Å². The van der Waals surface area contributed by atoms with E-state index in [1.54, 1.807) is 12.1 Å². The maximum Gasteiger partial charge on any atom is 0.241 e. The van der Waals surface area contributed by atoms with Crippen LogP contribution in [-0.2, 0) is 14.8 Å². The molecule has 0 radical (unpaired) electrons. The first-order chi connectivity index (χ1) is 17.5. The molecule has 0 saturated heterocycles. The van der Waals surface area contributed by atoms with Crippen LogP contribution >= 0.6 is 0 Å². The van der Waals surface area contributed by atoms with Gasteiger partial charge in [0.2, 0.25) is 10.0 Å². The highest BCUT2D eigenvalue weighted by Crippen LogP contribution is 2.30. The van der Waals surface area contributed by atoms with Crippen LogP contribution in [0.3, 0.4) is 0 Å². The van der Waals surface area contributed by atoms with Crippen molar-refractivity contribution in [2.45, 2.75) is 36.7 Å². The summed E-state index contributed by atoms with van der Waals surface area (Å²) in [5.74, 6) is 0. The Morgan fingerprint density at radius 1 is 0.833 bits per heavy atom. The number of allylic oxidation sites excluding steroid dienone is 3. The number of hydrogen-bond donors (Lipinski definition) is 2. The quantitative estimate of drug-likeness (QED) is 0.249. The first-order valence-corrected chi connectivity index (χ1v) is 13.8. The molecular formula is C30H34N2O3S. The van der Waals surface area contributed by atoms with Gasteiger partial charge >= 0.3 is 0 Å². The minimum absolute atomic E-state index is 0.249. The summed E-state index contributed by atoms with van der Waals surface area (Å²) in [6.45, 7) is 3.66. The molecule has 0 saturated carbocycles. The summed E-state index contributed by atoms with van der Waals surface area (Å²) in [7, 11) is -3.76. The first-order valence-electron chi connectivity index (χ1n) is 12.4. The number of aryl methyl sites for hydroxylation is 1. The van der Waals surface area contributed by atoms with E-state index < -0.39 is 16.1 Å². The van der Waals surface area contributed by atoms with Gasteiger partial charge in [-0.25, -0.2) is 13.1 Å². The molecule has 2 N–H and O–H groups in total. The number of nitrogens with one attached hydrogen (secondary N) is 2. The van der Waals surface area contributed by atoms with E-state index in [0.29, 0.717) is 19.8 Å². The summed E-state index contributed by atoms with van der Waals surface area (Å²) in [5.41, 5.74) is 4.19. The molecule has 0 aliphatic heterocycles. The topological polar surface area (TPSA) is 67.4 Å². The largest absolute Gasteiger partial charge is 0.376 e. The third-order valence-electron chi connectivity index (χ3n) is 6.25. The van der Waals surface area contributed by atoms with Crippen molar-refractivity contribution in [2.75, 3.05) is 19.8 Å². The summed E-state index contributed by atoms with van der Waals surface area (Å²) in [6.07, 6.45) is 8.46. The van der Waals surface area contributed by atoms with Gasteiger partial charge in [0.15, 0.2) is 0 Å². The van der Waals surface area contributed by atoms with Crippen molar-refractivity contribution in [2.24, 2.45) is 0 Å². The van der Waals surface area contributed by atoms with E-state index in [-0.39, 0.29) is 10.9 Å². The van der Waals surface area contributed by atoms with Crippen molar-refractivity contribution < 1.29 is 13.2 Å². The molecule has 0 spiro atoms. The molecular weight excluding hydrogens is 468 g/mol. The standard InChI is InChI=1S/C30H34N2O3S/c1-24-17-19-28(20-18-24)36(33,34)32-30(27-15-9-4-10-16-27)29(26-13-7-3-8-14-26)31-21-22-35-23-25-11-5-2-6-12-25/h2-5,7-10,12-20,29-32H,6,11,21-23H2,1H3/t29-,30+/m0/s1. The van der Waals surface area contributed by atoms with Crippen molar-refractivity contribution in [3.63, 3.8) is 0 Å². The van der Waals surface area contributed by atoms with Crippen LogP contribution in [0.2, 0.25) is 0 Å². The second kappa shape index (κ2) is 12.8. The van der Waals surface area contributed by atoms with Crippen LogP contribution in [0.25, 0.3) is 0 Å². The summed E-state index contributed by atoms with van der Waals surface area (Å²) in [5, 5.41) is 3.57. The Balaban J connectivity index is 1.55. The fraction of sp³-hybridized carbons (Fsp3) is 0.267. The fourth-order valence-corrected chi connectivity index (χ4v) is 5.52. The van der Waals surface area contributed by atoms with Crippen molar-refractivity contribution in [1.82, 2.24) is 10.0 Å². The van der Waals surface area contributed by atoms with Crippen LogP contribution in [0.5, 0.6) is 0 Å². The third kappa shape index (κ3) is 7.24. The Kier molecular flexibility index (Phi) is 9.25. The van der Waals surface area contributed by atoms with Crippen LogP contribution in [0, 0.1) is 6.92 Å². The second-order valence-electron chi connectivity index (χ2n) is 8.99. The summed E-state index contributed by atoms with van der Waals surface area (Å²) in [6, 6.07) is 25.8. The normalized spacial score (nSPS) is 15.3. The monoisotopic (exact) mass is 502 g/mol. The molecule has 2 atom stereocenters. The molecule has 0 amide bonds. The van der Waals surface area contributed by atoms with Gasteiger partial charge in [-0.1, -0.05) is 96.6 Å². The highest BCUT2D eigenvalue weighted by atomic mass is 32.2. The van der Waals surface area contributed by atoms with Gasteiger partial charge in [0.1, 0.15) is 0 Å². The average molecular weight is 503 g/mol. The Bertz CT molecular complexity index is 1250. The Hall–Kier alpha value is -3.03. The van der Waals surface area contributed by atoms with Gasteiger partial charge in [0.25, 0.3) is 0 Å². The molecule has 0 unspecified atom stereocenters. The zero-order valence-corrected chi connectivity index (χ0v) is 21.5. The van der Waals surface area contributed by atoms with Gasteiger partial charge in [-0.15, -0.1) is 0 Å². The number of hydrogen-bond acceptors (Lipinski definition) is 4. The van der Waals surface area contributed by atoms with Gasteiger partial charge in [0.05, 0.1) is 30.2 Å². The highest BCUT2D eigenvalue weighted by molar-refractivity contribution is 7.89. The molecule has 6 heteroatoms. The van der Waals surface area contributed by atoms with E-state index in [9.17, 15) is 8.42 Å². The highest BCUT2D eigenvalue weighted by Gasteiger charge is 2.29. The van der Waals surface area contributed by atoms with Gasteiger partial charge in [-0.3, -0.25) is 0 Å². The molecule has 36 heavy (non-hydrogen) atoms. The van der Waals surface area contributed by atoms with Crippen LogP contribution in [0.4, 0.5) is 0 Å². The molecule has 5 nitrogen and oxygen atoms in total. The Morgan fingerprint density at radius 2 is 1.47 bits per heavy atom. The SMILES string of the molecule is Cc1ccc(S(=O)(=O)N[C@H](c2ccccc2)[C@@H](NCCOCC2=CCC=CC2)c2ccccc2)cc1. The number of sulfonamides is 1. The van der Waals surface area contributed by atoms with Crippen LogP contribution in [0.1, 0.15) is 41.6 Å². The van der Waals surface area contributed by atoms with E-state index in [1.165, 1.54) is 5.57 Å². The van der Waals surface area contributed by atoms with E-state index in [0.717, 1.165) is 29.5 Å². The van der Waals surface area contributed by atoms with Gasteiger partial charge in [-0.2, -0.15) is 0 Å². The molecule has 3 aromatic rings. The van der Waals surface area contributed by atoms with Gasteiger partial charge in [-0.05, 0) is 48.6 Å².